The van der Waals surface area contributed by atoms with Crippen LogP contribution in [0, 0.1) is 0 Å². The Hall–Kier alpha value is -0.960. The fourth-order valence-electron chi connectivity index (χ4n) is 0.792. The highest BCUT2D eigenvalue weighted by Crippen LogP contribution is 2.36. The van der Waals surface area contributed by atoms with Crippen LogP contribution >= 0.6 is 10.5 Å². The van der Waals surface area contributed by atoms with Crippen molar-refractivity contribution in [1.82, 2.24) is 0 Å². The maximum Gasteiger partial charge on any atom is 0.170 e. The lowest BCUT2D eigenvalue weighted by Gasteiger charge is -2.04. The smallest absolute Gasteiger partial charge is 0.170 e. The number of hydrogen-bond acceptors (Lipinski definition) is 2. The Balaban J connectivity index is 3.27. The Morgan fingerprint density at radius 2 is 2.00 bits per heavy atom. The van der Waals surface area contributed by atoms with Crippen LogP contribution in [-0.4, -0.2) is 22.3 Å². The van der Waals surface area contributed by atoms with Gasteiger partial charge < -0.3 is 10.2 Å². The SMILES string of the molecule is C=S(C)c1cccc(O)c1O. The fraction of sp³-hybridized carbons (Fsp3) is 0.125. The molecule has 0 radical (unpaired) electrons. The van der Waals surface area contributed by atoms with Crippen molar-refractivity contribution in [3.63, 3.8) is 0 Å². The summed E-state index contributed by atoms with van der Waals surface area (Å²) >= 11 is 0. The van der Waals surface area contributed by atoms with Crippen molar-refractivity contribution >= 4 is 16.4 Å². The highest BCUT2D eigenvalue weighted by Gasteiger charge is 2.03. The van der Waals surface area contributed by atoms with Crippen molar-refractivity contribution in [3.8, 4) is 11.5 Å². The maximum atomic E-state index is 9.28. The van der Waals surface area contributed by atoms with E-state index in [1.54, 1.807) is 12.1 Å². The molecule has 0 saturated heterocycles. The van der Waals surface area contributed by atoms with E-state index in [1.165, 1.54) is 6.07 Å². The molecule has 11 heavy (non-hydrogen) atoms. The van der Waals surface area contributed by atoms with Gasteiger partial charge in [0.25, 0.3) is 0 Å². The Morgan fingerprint density at radius 1 is 1.36 bits per heavy atom. The Morgan fingerprint density at radius 3 is 2.45 bits per heavy atom. The first kappa shape index (κ1) is 8.14. The lowest BCUT2D eigenvalue weighted by atomic mass is 10.3. The zero-order valence-electron chi connectivity index (χ0n) is 6.24. The van der Waals surface area contributed by atoms with Crippen LogP contribution in [0.4, 0.5) is 0 Å². The summed E-state index contributed by atoms with van der Waals surface area (Å²) < 4.78 is 0. The van der Waals surface area contributed by atoms with Crippen LogP contribution < -0.4 is 0 Å². The molecular formula is C8H10O2S. The largest absolute Gasteiger partial charge is 0.504 e. The number of aromatic hydroxyl groups is 2. The molecule has 0 aliphatic rings. The van der Waals surface area contributed by atoms with Gasteiger partial charge >= 0.3 is 0 Å². The van der Waals surface area contributed by atoms with Crippen LogP contribution in [0.1, 0.15) is 0 Å². The van der Waals surface area contributed by atoms with Crippen LogP contribution in [-0.2, 0) is 0 Å². The predicted molar refractivity (Wildman–Crippen MR) is 48.7 cm³/mol. The van der Waals surface area contributed by atoms with Crippen LogP contribution in [0.2, 0.25) is 0 Å². The van der Waals surface area contributed by atoms with E-state index in [2.05, 4.69) is 5.87 Å². The molecule has 0 aliphatic heterocycles. The van der Waals surface area contributed by atoms with Gasteiger partial charge in [-0.25, -0.2) is 0 Å². The lowest BCUT2D eigenvalue weighted by Crippen LogP contribution is -1.75. The van der Waals surface area contributed by atoms with Crippen LogP contribution in [0.25, 0.3) is 0 Å². The Labute approximate surface area is 68.0 Å². The summed E-state index contributed by atoms with van der Waals surface area (Å²) in [5, 5.41) is 18.4. The van der Waals surface area contributed by atoms with Gasteiger partial charge in [-0.3, -0.25) is 0 Å². The molecule has 0 saturated carbocycles. The summed E-state index contributed by atoms with van der Waals surface area (Å²) in [6.07, 6.45) is 1.88. The van der Waals surface area contributed by atoms with Crippen molar-refractivity contribution < 1.29 is 10.2 Å². The second-order valence-electron chi connectivity index (χ2n) is 2.26. The number of phenols is 2. The first-order valence-electron chi connectivity index (χ1n) is 3.09. The maximum absolute atomic E-state index is 9.28. The first-order chi connectivity index (χ1) is 5.13. The van der Waals surface area contributed by atoms with Crippen LogP contribution in [0.5, 0.6) is 11.5 Å². The lowest BCUT2D eigenvalue weighted by molar-refractivity contribution is 0.395. The molecule has 0 fully saturated rings. The summed E-state index contributed by atoms with van der Waals surface area (Å²) in [7, 11) is -0.261. The van der Waals surface area contributed by atoms with Crippen molar-refractivity contribution in [2.45, 2.75) is 4.90 Å². The highest BCUT2D eigenvalue weighted by atomic mass is 32.2. The molecule has 2 N–H and O–H groups in total. The molecule has 1 atom stereocenters. The number of hydrogen-bond donors (Lipinski definition) is 2. The Kier molecular flexibility index (Phi) is 2.19. The van der Waals surface area contributed by atoms with Gasteiger partial charge in [0.15, 0.2) is 11.5 Å². The average molecular weight is 170 g/mol. The number of benzene rings is 1. The van der Waals surface area contributed by atoms with E-state index in [4.69, 9.17) is 5.11 Å². The summed E-state index contributed by atoms with van der Waals surface area (Å²) in [4.78, 5) is 0.699. The summed E-state index contributed by atoms with van der Waals surface area (Å²) in [6.45, 7) is 0. The van der Waals surface area contributed by atoms with Gasteiger partial charge in [0, 0.05) is 4.90 Å². The number of rotatable bonds is 1. The third kappa shape index (κ3) is 1.54. The Bertz CT molecular complexity index is 294. The van der Waals surface area contributed by atoms with Gasteiger partial charge in [-0.15, -0.1) is 0 Å². The molecule has 3 heteroatoms. The zero-order chi connectivity index (χ0) is 8.43. The minimum atomic E-state index is -0.261. The van der Waals surface area contributed by atoms with E-state index in [9.17, 15) is 5.11 Å². The average Bonchev–Trinajstić information content (AvgIpc) is 1.94. The van der Waals surface area contributed by atoms with E-state index in [-0.39, 0.29) is 22.0 Å². The molecule has 1 rings (SSSR count). The third-order valence-electron chi connectivity index (χ3n) is 1.35. The zero-order valence-corrected chi connectivity index (χ0v) is 7.06. The van der Waals surface area contributed by atoms with Gasteiger partial charge in [-0.05, 0) is 18.4 Å². The molecule has 0 heterocycles. The summed E-state index contributed by atoms with van der Waals surface area (Å²) in [6, 6.07) is 4.90. The monoisotopic (exact) mass is 170 g/mol. The molecule has 2 nitrogen and oxygen atoms in total. The quantitative estimate of drug-likeness (QED) is 0.498. The highest BCUT2D eigenvalue weighted by molar-refractivity contribution is 8.13. The molecule has 1 aromatic rings. The summed E-state index contributed by atoms with van der Waals surface area (Å²) in [5.41, 5.74) is 0. The standard InChI is InChI=1S/C8H10O2S/c1-11(2)7-5-3-4-6(9)8(7)10/h3-5,9-10H,1H2,2H3. The minimum absolute atomic E-state index is 0.0478. The molecule has 1 aromatic carbocycles. The molecule has 60 valence electrons. The van der Waals surface area contributed by atoms with Gasteiger partial charge in [0.2, 0.25) is 0 Å². The number of phenolic OH excluding ortho intramolecular Hbond substituents is 2. The predicted octanol–water partition coefficient (Wildman–Crippen LogP) is 1.79. The van der Waals surface area contributed by atoms with Crippen molar-refractivity contribution in [1.29, 1.82) is 0 Å². The summed E-state index contributed by atoms with van der Waals surface area (Å²) in [5.74, 6) is 3.64. The van der Waals surface area contributed by atoms with E-state index in [0.29, 0.717) is 4.90 Å². The van der Waals surface area contributed by atoms with Crippen molar-refractivity contribution in [3.05, 3.63) is 18.2 Å². The molecule has 0 amide bonds. The van der Waals surface area contributed by atoms with E-state index < -0.39 is 0 Å². The van der Waals surface area contributed by atoms with E-state index in [1.807, 2.05) is 6.26 Å². The fourth-order valence-corrected chi connectivity index (χ4v) is 1.54. The molecule has 0 aromatic heterocycles. The second kappa shape index (κ2) is 2.96. The van der Waals surface area contributed by atoms with E-state index >= 15 is 0 Å². The second-order valence-corrected chi connectivity index (χ2v) is 3.98. The number of para-hydroxylation sites is 1. The molecule has 0 bridgehead atoms. The topological polar surface area (TPSA) is 40.5 Å². The minimum Gasteiger partial charge on any atom is -0.504 e. The van der Waals surface area contributed by atoms with Crippen molar-refractivity contribution in [2.75, 3.05) is 6.26 Å². The third-order valence-corrected chi connectivity index (χ3v) is 2.43. The van der Waals surface area contributed by atoms with Gasteiger partial charge in [0.05, 0.1) is 0 Å². The van der Waals surface area contributed by atoms with Crippen molar-refractivity contribution in [2.24, 2.45) is 0 Å². The molecule has 0 spiro atoms. The van der Waals surface area contributed by atoms with E-state index in [0.717, 1.165) is 0 Å². The van der Waals surface area contributed by atoms with Gasteiger partial charge in [0.1, 0.15) is 0 Å². The first-order valence-corrected chi connectivity index (χ1v) is 4.89. The normalized spacial score (nSPS) is 12.8. The molecule has 0 aliphatic carbocycles. The van der Waals surface area contributed by atoms with Crippen LogP contribution in [0.15, 0.2) is 23.1 Å². The van der Waals surface area contributed by atoms with Gasteiger partial charge in [-0.1, -0.05) is 11.9 Å². The molecular weight excluding hydrogens is 160 g/mol. The van der Waals surface area contributed by atoms with Gasteiger partial charge in [-0.2, -0.15) is 10.5 Å². The van der Waals surface area contributed by atoms with Crippen LogP contribution in [0.3, 0.4) is 0 Å². The molecule has 1 unspecified atom stereocenters.